The molecule has 0 amide bonds. The van der Waals surface area contributed by atoms with Gasteiger partial charge in [0, 0.05) is 0 Å². The van der Waals surface area contributed by atoms with Gasteiger partial charge in [-0.25, -0.2) is 4.79 Å². The summed E-state index contributed by atoms with van der Waals surface area (Å²) in [4.78, 5) is 12.3. The highest BCUT2D eigenvalue weighted by atomic mass is 16.5. The lowest BCUT2D eigenvalue weighted by Crippen LogP contribution is -2.48. The zero-order valence-corrected chi connectivity index (χ0v) is 12.4. The monoisotopic (exact) mass is 277 g/mol. The number of esters is 1. The molecule has 1 saturated carbocycles. The van der Waals surface area contributed by atoms with Crippen molar-refractivity contribution >= 4 is 5.97 Å². The third-order valence-corrected chi connectivity index (χ3v) is 3.97. The molecule has 1 aromatic rings. The highest BCUT2D eigenvalue weighted by molar-refractivity contribution is 5.83. The molecule has 2 N–H and O–H groups in total. The summed E-state index contributed by atoms with van der Waals surface area (Å²) in [7, 11) is 1.65. The van der Waals surface area contributed by atoms with E-state index < -0.39 is 5.54 Å². The maximum absolute atomic E-state index is 12.3. The molecule has 20 heavy (non-hydrogen) atoms. The predicted molar refractivity (Wildman–Crippen MR) is 77.6 cm³/mol. The molecule has 1 fully saturated rings. The summed E-state index contributed by atoms with van der Waals surface area (Å²) in [5, 5.41) is 0. The molecule has 0 saturated heterocycles. The van der Waals surface area contributed by atoms with E-state index in [1.54, 1.807) is 14.0 Å². The molecule has 110 valence electrons. The number of nitrogens with two attached hydrogens (primary N) is 1. The quantitative estimate of drug-likeness (QED) is 0.811. The minimum Gasteiger partial charge on any atom is -0.496 e. The average molecular weight is 277 g/mol. The maximum atomic E-state index is 12.3. The highest BCUT2D eigenvalue weighted by Crippen LogP contribution is 2.45. The number of aryl methyl sites for hydroxylation is 1. The minimum absolute atomic E-state index is 0.180. The van der Waals surface area contributed by atoms with E-state index in [0.29, 0.717) is 6.61 Å². The molecular weight excluding hydrogens is 254 g/mol. The lowest BCUT2D eigenvalue weighted by atomic mass is 9.84. The van der Waals surface area contributed by atoms with Crippen LogP contribution in [0.1, 0.15) is 37.8 Å². The molecule has 0 radical (unpaired) electrons. The van der Waals surface area contributed by atoms with E-state index in [1.807, 2.05) is 18.2 Å². The van der Waals surface area contributed by atoms with E-state index in [1.165, 1.54) is 0 Å². The topological polar surface area (TPSA) is 61.5 Å². The Kier molecular flexibility index (Phi) is 4.33. The average Bonchev–Trinajstić information content (AvgIpc) is 3.30. The molecule has 0 aliphatic heterocycles. The minimum atomic E-state index is -1.02. The summed E-state index contributed by atoms with van der Waals surface area (Å²) < 4.78 is 10.5. The molecule has 0 aromatic heterocycles. The van der Waals surface area contributed by atoms with Crippen molar-refractivity contribution in [3.05, 3.63) is 29.3 Å². The van der Waals surface area contributed by atoms with Crippen molar-refractivity contribution in [1.82, 2.24) is 0 Å². The standard InChI is InChI=1S/C16H23NO3/c1-4-11-10-13(8-9-14(11)19-3)16(17,12-6-7-12)15(18)20-5-2/h8-10,12H,4-7,17H2,1-3H3. The fourth-order valence-electron chi connectivity index (χ4n) is 2.62. The molecule has 0 spiro atoms. The van der Waals surface area contributed by atoms with Gasteiger partial charge in [-0.2, -0.15) is 0 Å². The highest BCUT2D eigenvalue weighted by Gasteiger charge is 2.50. The summed E-state index contributed by atoms with van der Waals surface area (Å²) in [6.07, 6.45) is 2.78. The van der Waals surface area contributed by atoms with E-state index in [9.17, 15) is 4.79 Å². The van der Waals surface area contributed by atoms with Crippen molar-refractivity contribution in [3.8, 4) is 5.75 Å². The van der Waals surface area contributed by atoms with Gasteiger partial charge >= 0.3 is 5.97 Å². The molecule has 1 unspecified atom stereocenters. The summed E-state index contributed by atoms with van der Waals surface area (Å²) in [5.74, 6) is 0.688. The summed E-state index contributed by atoms with van der Waals surface area (Å²) in [5.41, 5.74) is 7.32. The molecule has 1 aromatic carbocycles. The molecule has 1 aliphatic carbocycles. The van der Waals surface area contributed by atoms with Crippen LogP contribution in [0.5, 0.6) is 5.75 Å². The van der Waals surface area contributed by atoms with Crippen LogP contribution in [0.4, 0.5) is 0 Å². The summed E-state index contributed by atoms with van der Waals surface area (Å²) >= 11 is 0. The van der Waals surface area contributed by atoms with Crippen LogP contribution in [-0.2, 0) is 21.5 Å². The van der Waals surface area contributed by atoms with Gasteiger partial charge in [0.2, 0.25) is 0 Å². The number of hydrogen-bond donors (Lipinski definition) is 1. The Hall–Kier alpha value is -1.55. The lowest BCUT2D eigenvalue weighted by Gasteiger charge is -2.28. The van der Waals surface area contributed by atoms with E-state index >= 15 is 0 Å². The number of benzene rings is 1. The lowest BCUT2D eigenvalue weighted by molar-refractivity contribution is -0.151. The van der Waals surface area contributed by atoms with Gasteiger partial charge in [-0.05, 0) is 55.4 Å². The Bertz CT molecular complexity index is 496. The van der Waals surface area contributed by atoms with Gasteiger partial charge in [0.15, 0.2) is 0 Å². The molecule has 1 atom stereocenters. The molecular formula is C16H23NO3. The zero-order chi connectivity index (χ0) is 14.8. The number of ether oxygens (including phenoxy) is 2. The van der Waals surface area contributed by atoms with Crippen molar-refractivity contribution in [1.29, 1.82) is 0 Å². The van der Waals surface area contributed by atoms with Crippen LogP contribution in [0.2, 0.25) is 0 Å². The zero-order valence-electron chi connectivity index (χ0n) is 12.4. The first kappa shape index (κ1) is 14.9. The predicted octanol–water partition coefficient (Wildman–Crippen LogP) is 2.38. The number of carbonyl (C=O) groups is 1. The second-order valence-electron chi connectivity index (χ2n) is 5.24. The van der Waals surface area contributed by atoms with Crippen LogP contribution in [0.3, 0.4) is 0 Å². The summed E-state index contributed by atoms with van der Waals surface area (Å²) in [6, 6.07) is 5.75. The van der Waals surface area contributed by atoms with Gasteiger partial charge in [0.25, 0.3) is 0 Å². The number of carbonyl (C=O) groups excluding carboxylic acids is 1. The second-order valence-corrected chi connectivity index (χ2v) is 5.24. The second kappa shape index (κ2) is 5.83. The number of hydrogen-bond acceptors (Lipinski definition) is 4. The van der Waals surface area contributed by atoms with Crippen molar-refractivity contribution in [2.24, 2.45) is 11.7 Å². The van der Waals surface area contributed by atoms with Gasteiger partial charge in [-0.1, -0.05) is 13.0 Å². The van der Waals surface area contributed by atoms with Crippen LogP contribution < -0.4 is 10.5 Å². The first-order chi connectivity index (χ1) is 9.57. The van der Waals surface area contributed by atoms with Gasteiger partial charge in [-0.3, -0.25) is 0 Å². The van der Waals surface area contributed by atoms with E-state index in [2.05, 4.69) is 6.92 Å². The Morgan fingerprint density at radius 1 is 1.40 bits per heavy atom. The molecule has 4 nitrogen and oxygen atoms in total. The first-order valence-electron chi connectivity index (χ1n) is 7.21. The summed E-state index contributed by atoms with van der Waals surface area (Å²) in [6.45, 7) is 4.21. The SMILES string of the molecule is CCOC(=O)C(N)(c1ccc(OC)c(CC)c1)C1CC1. The van der Waals surface area contributed by atoms with E-state index in [0.717, 1.165) is 36.1 Å². The molecule has 2 rings (SSSR count). The third-order valence-electron chi connectivity index (χ3n) is 3.97. The first-order valence-corrected chi connectivity index (χ1v) is 7.21. The Labute approximate surface area is 120 Å². The van der Waals surface area contributed by atoms with Crippen LogP contribution in [0.15, 0.2) is 18.2 Å². The largest absolute Gasteiger partial charge is 0.496 e. The number of methoxy groups -OCH3 is 1. The van der Waals surface area contributed by atoms with Crippen LogP contribution >= 0.6 is 0 Å². The fourth-order valence-corrected chi connectivity index (χ4v) is 2.62. The number of rotatable bonds is 6. The van der Waals surface area contributed by atoms with Crippen molar-refractivity contribution < 1.29 is 14.3 Å². The Morgan fingerprint density at radius 2 is 2.10 bits per heavy atom. The third kappa shape index (κ3) is 2.52. The van der Waals surface area contributed by atoms with Crippen LogP contribution in [0.25, 0.3) is 0 Å². The molecule has 4 heteroatoms. The normalized spacial score (nSPS) is 17.4. The smallest absolute Gasteiger partial charge is 0.331 e. The van der Waals surface area contributed by atoms with E-state index in [4.69, 9.17) is 15.2 Å². The van der Waals surface area contributed by atoms with Gasteiger partial charge in [-0.15, -0.1) is 0 Å². The molecule has 0 bridgehead atoms. The van der Waals surface area contributed by atoms with E-state index in [-0.39, 0.29) is 11.9 Å². The van der Waals surface area contributed by atoms with Gasteiger partial charge in [0.1, 0.15) is 11.3 Å². The van der Waals surface area contributed by atoms with Crippen LogP contribution in [0, 0.1) is 5.92 Å². The molecule has 0 heterocycles. The van der Waals surface area contributed by atoms with Gasteiger partial charge < -0.3 is 15.2 Å². The Balaban J connectivity index is 2.41. The van der Waals surface area contributed by atoms with Crippen molar-refractivity contribution in [3.63, 3.8) is 0 Å². The van der Waals surface area contributed by atoms with Crippen LogP contribution in [-0.4, -0.2) is 19.7 Å². The maximum Gasteiger partial charge on any atom is 0.331 e. The van der Waals surface area contributed by atoms with Crippen molar-refractivity contribution in [2.75, 3.05) is 13.7 Å². The fraction of sp³-hybridized carbons (Fsp3) is 0.562. The molecule has 1 aliphatic rings. The van der Waals surface area contributed by atoms with Gasteiger partial charge in [0.05, 0.1) is 13.7 Å². The Morgan fingerprint density at radius 3 is 2.60 bits per heavy atom. The van der Waals surface area contributed by atoms with Crippen molar-refractivity contribution in [2.45, 2.75) is 38.6 Å².